The number of pyridine rings is 1. The van der Waals surface area contributed by atoms with Crippen LogP contribution in [0.3, 0.4) is 0 Å². The quantitative estimate of drug-likeness (QED) is 0.922. The fourth-order valence-corrected chi connectivity index (χ4v) is 1.66. The van der Waals surface area contributed by atoms with Gasteiger partial charge < -0.3 is 10.6 Å². The van der Waals surface area contributed by atoms with Crippen LogP contribution in [0, 0.1) is 6.92 Å². The number of aryl methyl sites for hydroxylation is 1. The summed E-state index contributed by atoms with van der Waals surface area (Å²) in [7, 11) is 0. The predicted octanol–water partition coefficient (Wildman–Crippen LogP) is 2.02. The van der Waals surface area contributed by atoms with Crippen molar-refractivity contribution in [3.8, 4) is 0 Å². The first-order chi connectivity index (χ1) is 9.09. The minimum atomic E-state index is -4.79. The van der Waals surface area contributed by atoms with Gasteiger partial charge in [0.05, 0.1) is 12.2 Å². The topological polar surface area (TPSA) is 59.2 Å². The number of aromatic nitrogens is 1. The highest BCUT2D eigenvalue weighted by Crippen LogP contribution is 2.29. The fraction of sp³-hybridized carbons (Fsp3) is 0.538. The average molecular weight is 289 g/mol. The molecule has 1 unspecified atom stereocenters. The van der Waals surface area contributed by atoms with Crippen molar-refractivity contribution >= 4 is 5.91 Å². The van der Waals surface area contributed by atoms with Gasteiger partial charge in [0.25, 0.3) is 5.91 Å². The van der Waals surface area contributed by atoms with Crippen LogP contribution in [0.5, 0.6) is 0 Å². The Bertz CT molecular complexity index is 486. The molecular weight excluding hydrogens is 271 g/mol. The molecule has 0 aromatic carbocycles. The number of carbonyl (C=O) groups excluding carboxylic acids is 1. The third kappa shape index (κ3) is 3.47. The molecule has 1 amide bonds. The first kappa shape index (κ1) is 16.4. The smallest absolute Gasteiger partial charge is 0.335 e. The van der Waals surface area contributed by atoms with Gasteiger partial charge in [-0.3, -0.25) is 9.78 Å². The number of nitrogens with zero attached hydrogens (tertiary/aromatic N) is 2. The second-order valence-corrected chi connectivity index (χ2v) is 4.79. The van der Waals surface area contributed by atoms with Crippen molar-refractivity contribution in [1.82, 2.24) is 9.88 Å². The molecule has 1 atom stereocenters. The maximum absolute atomic E-state index is 12.8. The van der Waals surface area contributed by atoms with Crippen molar-refractivity contribution in [2.24, 2.45) is 5.73 Å². The third-order valence-electron chi connectivity index (χ3n) is 3.00. The van der Waals surface area contributed by atoms with Gasteiger partial charge in [-0.2, -0.15) is 13.2 Å². The molecule has 7 heteroatoms. The maximum Gasteiger partial charge on any atom is 0.415 e. The van der Waals surface area contributed by atoms with Crippen LogP contribution in [0.4, 0.5) is 13.2 Å². The summed E-state index contributed by atoms with van der Waals surface area (Å²) >= 11 is 0. The van der Waals surface area contributed by atoms with Gasteiger partial charge in [-0.1, -0.05) is 6.07 Å². The Morgan fingerprint density at radius 1 is 1.40 bits per heavy atom. The second kappa shape index (κ2) is 5.78. The molecule has 20 heavy (non-hydrogen) atoms. The first-order valence-corrected chi connectivity index (χ1v) is 6.17. The molecule has 0 aliphatic rings. The molecule has 0 aliphatic heterocycles. The number of alkyl halides is 3. The van der Waals surface area contributed by atoms with Crippen LogP contribution in [0.1, 0.15) is 25.2 Å². The second-order valence-electron chi connectivity index (χ2n) is 4.79. The first-order valence-electron chi connectivity index (χ1n) is 6.17. The number of hydrogen-bond acceptors (Lipinski definition) is 3. The van der Waals surface area contributed by atoms with Crippen molar-refractivity contribution in [3.63, 3.8) is 0 Å². The Labute approximate surface area is 115 Å². The molecule has 0 fully saturated rings. The molecule has 4 nitrogen and oxygen atoms in total. The number of rotatable bonds is 4. The minimum absolute atomic E-state index is 0.000116. The normalized spacial score (nSPS) is 14.8. The monoisotopic (exact) mass is 289 g/mol. The molecule has 0 spiro atoms. The van der Waals surface area contributed by atoms with Gasteiger partial charge in [-0.15, -0.1) is 0 Å². The van der Waals surface area contributed by atoms with Crippen LogP contribution >= 0.6 is 0 Å². The van der Waals surface area contributed by atoms with E-state index in [-0.39, 0.29) is 13.1 Å². The molecule has 1 aromatic rings. The van der Waals surface area contributed by atoms with Gasteiger partial charge in [0, 0.05) is 12.2 Å². The Kier molecular flexibility index (Phi) is 4.75. The molecule has 0 saturated carbocycles. The van der Waals surface area contributed by atoms with E-state index < -0.39 is 17.6 Å². The van der Waals surface area contributed by atoms with Crippen LogP contribution in [0.25, 0.3) is 0 Å². The van der Waals surface area contributed by atoms with Crippen LogP contribution < -0.4 is 5.73 Å². The summed E-state index contributed by atoms with van der Waals surface area (Å²) in [4.78, 5) is 17.2. The van der Waals surface area contributed by atoms with Gasteiger partial charge in [0.15, 0.2) is 5.54 Å². The Morgan fingerprint density at radius 3 is 2.45 bits per heavy atom. The number of carbonyl (C=O) groups is 1. The zero-order valence-electron chi connectivity index (χ0n) is 11.7. The number of amides is 1. The molecule has 0 bridgehead atoms. The standard InChI is InChI=1S/C13H18F3N3O/c1-4-19(8-10-7-5-6-9(2)18-10)11(20)12(3,17)13(14,15)16/h5-7H,4,8,17H2,1-3H3. The zero-order chi connectivity index (χ0) is 15.6. The van der Waals surface area contributed by atoms with Gasteiger partial charge in [0.1, 0.15) is 0 Å². The SMILES string of the molecule is CCN(Cc1cccc(C)n1)C(=O)C(C)(N)C(F)(F)F. The highest BCUT2D eigenvalue weighted by molar-refractivity contribution is 5.86. The molecule has 1 rings (SSSR count). The highest BCUT2D eigenvalue weighted by atomic mass is 19.4. The molecule has 2 N–H and O–H groups in total. The summed E-state index contributed by atoms with van der Waals surface area (Å²) in [6, 6.07) is 5.16. The third-order valence-corrected chi connectivity index (χ3v) is 3.00. The van der Waals surface area contributed by atoms with Crippen molar-refractivity contribution < 1.29 is 18.0 Å². The number of hydrogen-bond donors (Lipinski definition) is 1. The Hall–Kier alpha value is -1.63. The highest BCUT2D eigenvalue weighted by Gasteiger charge is 2.55. The van der Waals surface area contributed by atoms with Gasteiger partial charge in [0.2, 0.25) is 0 Å². The summed E-state index contributed by atoms with van der Waals surface area (Å²) in [6.07, 6.45) is -4.79. The molecule has 112 valence electrons. The lowest BCUT2D eigenvalue weighted by molar-refractivity contribution is -0.194. The summed E-state index contributed by atoms with van der Waals surface area (Å²) in [6.45, 7) is 4.17. The molecule has 1 aromatic heterocycles. The van der Waals surface area contributed by atoms with Crippen molar-refractivity contribution in [3.05, 3.63) is 29.6 Å². The minimum Gasteiger partial charge on any atom is -0.335 e. The van der Waals surface area contributed by atoms with E-state index in [9.17, 15) is 18.0 Å². The average Bonchev–Trinajstić information content (AvgIpc) is 2.33. The van der Waals surface area contributed by atoms with E-state index in [0.29, 0.717) is 12.6 Å². The van der Waals surface area contributed by atoms with Crippen LogP contribution in [-0.4, -0.2) is 34.1 Å². The summed E-state index contributed by atoms with van der Waals surface area (Å²) in [5.41, 5.74) is 3.52. The lowest BCUT2D eigenvalue weighted by Gasteiger charge is -2.32. The summed E-state index contributed by atoms with van der Waals surface area (Å²) in [5, 5.41) is 0. The van der Waals surface area contributed by atoms with E-state index in [1.807, 2.05) is 0 Å². The lowest BCUT2D eigenvalue weighted by Crippen LogP contribution is -2.62. The van der Waals surface area contributed by atoms with E-state index in [1.54, 1.807) is 32.0 Å². The number of halogens is 3. The summed E-state index contributed by atoms with van der Waals surface area (Å²) < 4.78 is 38.4. The van der Waals surface area contributed by atoms with E-state index in [2.05, 4.69) is 4.98 Å². The van der Waals surface area contributed by atoms with E-state index >= 15 is 0 Å². The number of nitrogens with two attached hydrogens (primary N) is 1. The van der Waals surface area contributed by atoms with Gasteiger partial charge in [-0.05, 0) is 32.9 Å². The van der Waals surface area contributed by atoms with Crippen LogP contribution in [0.15, 0.2) is 18.2 Å². The molecule has 0 saturated heterocycles. The molecule has 1 heterocycles. The van der Waals surface area contributed by atoms with Crippen LogP contribution in [0.2, 0.25) is 0 Å². The lowest BCUT2D eigenvalue weighted by atomic mass is 10.0. The largest absolute Gasteiger partial charge is 0.415 e. The zero-order valence-corrected chi connectivity index (χ0v) is 11.7. The van der Waals surface area contributed by atoms with Gasteiger partial charge in [-0.25, -0.2) is 0 Å². The van der Waals surface area contributed by atoms with Crippen molar-refractivity contribution in [2.45, 2.75) is 39.0 Å². The van der Waals surface area contributed by atoms with E-state index in [1.165, 1.54) is 0 Å². The Morgan fingerprint density at radius 2 is 2.00 bits per heavy atom. The number of likely N-dealkylation sites (N-methyl/N-ethyl adjacent to an activating group) is 1. The van der Waals surface area contributed by atoms with Crippen LogP contribution in [-0.2, 0) is 11.3 Å². The Balaban J connectivity index is 2.94. The predicted molar refractivity (Wildman–Crippen MR) is 68.7 cm³/mol. The molecular formula is C13H18F3N3O. The molecule has 0 aliphatic carbocycles. The van der Waals surface area contributed by atoms with E-state index in [4.69, 9.17) is 5.73 Å². The van der Waals surface area contributed by atoms with Crippen molar-refractivity contribution in [1.29, 1.82) is 0 Å². The van der Waals surface area contributed by atoms with Gasteiger partial charge >= 0.3 is 6.18 Å². The molecule has 0 radical (unpaired) electrons. The summed E-state index contributed by atoms with van der Waals surface area (Å²) in [5.74, 6) is -1.16. The maximum atomic E-state index is 12.8. The fourth-order valence-electron chi connectivity index (χ4n) is 1.66. The van der Waals surface area contributed by atoms with Crippen molar-refractivity contribution in [2.75, 3.05) is 6.54 Å². The van der Waals surface area contributed by atoms with E-state index in [0.717, 1.165) is 10.6 Å².